The fourth-order valence-corrected chi connectivity index (χ4v) is 4.93. The van der Waals surface area contributed by atoms with E-state index in [1.54, 1.807) is 31.2 Å². The molecule has 0 bridgehead atoms. The largest absolute Gasteiger partial charge is 0.322 e. The highest BCUT2D eigenvalue weighted by molar-refractivity contribution is 14.1. The molecular formula is C22H21IN2O3S. The molecule has 7 heteroatoms. The van der Waals surface area contributed by atoms with Gasteiger partial charge in [0.15, 0.2) is 0 Å². The number of para-hydroxylation sites is 1. The SMILES string of the molecule is Cc1cc(I)ccc1NC(=O)c1ccc(C)c(S(=O)(=O)Nc2ccccc2C)c1. The van der Waals surface area contributed by atoms with Gasteiger partial charge in [-0.1, -0.05) is 24.3 Å². The van der Waals surface area contributed by atoms with Gasteiger partial charge in [-0.25, -0.2) is 8.42 Å². The molecule has 0 saturated carbocycles. The van der Waals surface area contributed by atoms with Gasteiger partial charge in [0.2, 0.25) is 0 Å². The first kappa shape index (κ1) is 21.3. The number of rotatable bonds is 5. The number of hydrogen-bond donors (Lipinski definition) is 2. The van der Waals surface area contributed by atoms with Gasteiger partial charge in [0.05, 0.1) is 10.6 Å². The van der Waals surface area contributed by atoms with Crippen molar-refractivity contribution in [1.29, 1.82) is 0 Å². The van der Waals surface area contributed by atoms with E-state index in [-0.39, 0.29) is 16.4 Å². The third-order valence-electron chi connectivity index (χ3n) is 4.57. The Kier molecular flexibility index (Phi) is 6.28. The van der Waals surface area contributed by atoms with Crippen molar-refractivity contribution in [3.05, 3.63) is 86.5 Å². The molecule has 3 aromatic rings. The number of benzene rings is 3. The summed E-state index contributed by atoms with van der Waals surface area (Å²) in [6.45, 7) is 5.45. The number of halogens is 1. The maximum Gasteiger partial charge on any atom is 0.262 e. The third kappa shape index (κ3) is 4.97. The predicted octanol–water partition coefficient (Wildman–Crippen LogP) is 5.27. The normalized spacial score (nSPS) is 11.2. The number of anilines is 2. The van der Waals surface area contributed by atoms with E-state index >= 15 is 0 Å². The molecule has 0 fully saturated rings. The van der Waals surface area contributed by atoms with Gasteiger partial charge < -0.3 is 5.32 Å². The highest BCUT2D eigenvalue weighted by Crippen LogP contribution is 2.24. The van der Waals surface area contributed by atoms with Crippen molar-refractivity contribution >= 4 is 49.9 Å². The second-order valence-electron chi connectivity index (χ2n) is 6.81. The summed E-state index contributed by atoms with van der Waals surface area (Å²) in [5.74, 6) is -0.360. The van der Waals surface area contributed by atoms with E-state index in [0.717, 1.165) is 14.7 Å². The van der Waals surface area contributed by atoms with Crippen molar-refractivity contribution in [2.24, 2.45) is 0 Å². The minimum atomic E-state index is -3.84. The maximum atomic E-state index is 13.0. The number of nitrogens with one attached hydrogen (secondary N) is 2. The summed E-state index contributed by atoms with van der Waals surface area (Å²) < 4.78 is 29.6. The van der Waals surface area contributed by atoms with Gasteiger partial charge in [-0.2, -0.15) is 0 Å². The van der Waals surface area contributed by atoms with Crippen molar-refractivity contribution in [1.82, 2.24) is 0 Å². The highest BCUT2D eigenvalue weighted by atomic mass is 127. The molecule has 3 aromatic carbocycles. The summed E-state index contributed by atoms with van der Waals surface area (Å²) in [4.78, 5) is 12.8. The number of carbonyl (C=O) groups is 1. The van der Waals surface area contributed by atoms with Crippen molar-refractivity contribution in [2.45, 2.75) is 25.7 Å². The third-order valence-corrected chi connectivity index (χ3v) is 6.74. The smallest absolute Gasteiger partial charge is 0.262 e. The zero-order chi connectivity index (χ0) is 21.2. The topological polar surface area (TPSA) is 75.3 Å². The molecule has 29 heavy (non-hydrogen) atoms. The molecule has 0 aliphatic carbocycles. The second kappa shape index (κ2) is 8.54. The molecule has 0 aliphatic heterocycles. The van der Waals surface area contributed by atoms with Crippen LogP contribution in [0.15, 0.2) is 65.6 Å². The van der Waals surface area contributed by atoms with Crippen LogP contribution in [-0.4, -0.2) is 14.3 Å². The summed E-state index contributed by atoms with van der Waals surface area (Å²) in [6, 6.07) is 17.5. The van der Waals surface area contributed by atoms with Crippen LogP contribution in [0.3, 0.4) is 0 Å². The quantitative estimate of drug-likeness (QED) is 0.451. The minimum Gasteiger partial charge on any atom is -0.322 e. The fraction of sp³-hybridized carbons (Fsp3) is 0.136. The first-order valence-electron chi connectivity index (χ1n) is 8.94. The van der Waals surface area contributed by atoms with E-state index in [2.05, 4.69) is 32.6 Å². The number of aryl methyl sites for hydroxylation is 3. The summed E-state index contributed by atoms with van der Waals surface area (Å²) in [5.41, 5.74) is 3.80. The maximum absolute atomic E-state index is 13.0. The summed E-state index contributed by atoms with van der Waals surface area (Å²) >= 11 is 2.21. The van der Waals surface area contributed by atoms with Gasteiger partial charge in [-0.15, -0.1) is 0 Å². The lowest BCUT2D eigenvalue weighted by atomic mass is 10.1. The van der Waals surface area contributed by atoms with Crippen LogP contribution in [0, 0.1) is 24.3 Å². The Morgan fingerprint density at radius 3 is 2.24 bits per heavy atom. The number of hydrogen-bond acceptors (Lipinski definition) is 3. The Balaban J connectivity index is 1.91. The molecule has 0 atom stereocenters. The van der Waals surface area contributed by atoms with Crippen molar-refractivity contribution in [3.63, 3.8) is 0 Å². The van der Waals surface area contributed by atoms with Gasteiger partial charge in [0, 0.05) is 14.8 Å². The van der Waals surface area contributed by atoms with E-state index in [0.29, 0.717) is 16.9 Å². The number of carbonyl (C=O) groups excluding carboxylic acids is 1. The molecule has 150 valence electrons. The predicted molar refractivity (Wildman–Crippen MR) is 125 cm³/mol. The number of sulfonamides is 1. The standard InChI is InChI=1S/C22H21IN2O3S/c1-14-6-4-5-7-20(14)25-29(27,28)21-13-17(9-8-15(21)2)22(26)24-19-11-10-18(23)12-16(19)3/h4-13,25H,1-3H3,(H,24,26). The van der Waals surface area contributed by atoms with E-state index in [4.69, 9.17) is 0 Å². The van der Waals surface area contributed by atoms with E-state index in [1.807, 2.05) is 44.2 Å². The van der Waals surface area contributed by atoms with Gasteiger partial charge in [-0.3, -0.25) is 9.52 Å². The van der Waals surface area contributed by atoms with Gasteiger partial charge in [0.1, 0.15) is 0 Å². The lowest BCUT2D eigenvalue weighted by molar-refractivity contribution is 0.102. The van der Waals surface area contributed by atoms with Crippen molar-refractivity contribution in [2.75, 3.05) is 10.0 Å². The molecule has 0 aliphatic rings. The van der Waals surface area contributed by atoms with Crippen LogP contribution in [0.1, 0.15) is 27.0 Å². The van der Waals surface area contributed by atoms with Crippen molar-refractivity contribution in [3.8, 4) is 0 Å². The molecule has 0 heterocycles. The van der Waals surface area contributed by atoms with Crippen LogP contribution in [0.4, 0.5) is 11.4 Å². The zero-order valence-electron chi connectivity index (χ0n) is 16.3. The lowest BCUT2D eigenvalue weighted by Crippen LogP contribution is -2.17. The van der Waals surface area contributed by atoms with E-state index in [1.165, 1.54) is 6.07 Å². The minimum absolute atomic E-state index is 0.0766. The average molecular weight is 520 g/mol. The fourth-order valence-electron chi connectivity index (χ4n) is 2.88. The molecule has 5 nitrogen and oxygen atoms in total. The van der Waals surface area contributed by atoms with Gasteiger partial charge >= 0.3 is 0 Å². The molecule has 1 amide bonds. The Morgan fingerprint density at radius 2 is 1.55 bits per heavy atom. The molecule has 0 unspecified atom stereocenters. The van der Waals surface area contributed by atoms with Crippen LogP contribution >= 0.6 is 22.6 Å². The van der Waals surface area contributed by atoms with E-state index < -0.39 is 10.0 Å². The summed E-state index contributed by atoms with van der Waals surface area (Å²) in [7, 11) is -3.84. The molecule has 3 rings (SSSR count). The van der Waals surface area contributed by atoms with E-state index in [9.17, 15) is 13.2 Å². The van der Waals surface area contributed by atoms with Crippen LogP contribution in [0.2, 0.25) is 0 Å². The van der Waals surface area contributed by atoms with Gasteiger partial charge in [0.25, 0.3) is 15.9 Å². The van der Waals surface area contributed by atoms with Crippen LogP contribution in [0.25, 0.3) is 0 Å². The summed E-state index contributed by atoms with van der Waals surface area (Å²) in [5, 5.41) is 2.85. The zero-order valence-corrected chi connectivity index (χ0v) is 19.3. The Labute approximate surface area is 184 Å². The molecule has 0 spiro atoms. The molecule has 0 radical (unpaired) electrons. The Morgan fingerprint density at radius 1 is 0.828 bits per heavy atom. The first-order valence-corrected chi connectivity index (χ1v) is 11.5. The average Bonchev–Trinajstić information content (AvgIpc) is 2.66. The molecule has 0 saturated heterocycles. The first-order chi connectivity index (χ1) is 13.7. The van der Waals surface area contributed by atoms with Crippen LogP contribution < -0.4 is 10.0 Å². The molecular weight excluding hydrogens is 499 g/mol. The molecule has 0 aromatic heterocycles. The molecule has 2 N–H and O–H groups in total. The highest BCUT2D eigenvalue weighted by Gasteiger charge is 2.20. The summed E-state index contributed by atoms with van der Waals surface area (Å²) in [6.07, 6.45) is 0. The number of amides is 1. The van der Waals surface area contributed by atoms with Crippen molar-refractivity contribution < 1.29 is 13.2 Å². The lowest BCUT2D eigenvalue weighted by Gasteiger charge is -2.14. The monoisotopic (exact) mass is 520 g/mol. The van der Waals surface area contributed by atoms with Gasteiger partial charge in [-0.05, 0) is 96.5 Å². The Bertz CT molecular complexity index is 1190. The Hall–Kier alpha value is -2.39. The van der Waals surface area contributed by atoms with Crippen LogP contribution in [0.5, 0.6) is 0 Å². The second-order valence-corrected chi connectivity index (χ2v) is 9.71. The van der Waals surface area contributed by atoms with Crippen LogP contribution in [-0.2, 0) is 10.0 Å².